The molecule has 0 aliphatic carbocycles. The number of aromatic nitrogens is 2. The first kappa shape index (κ1) is 7.06. The Balaban J connectivity index is 2.33. The quantitative estimate of drug-likeness (QED) is 0.702. The van der Waals surface area contributed by atoms with Crippen LogP contribution < -0.4 is 5.32 Å². The molecule has 1 aliphatic rings. The predicted octanol–water partition coefficient (Wildman–Crippen LogP) is 1.89. The second kappa shape index (κ2) is 2.31. The molecule has 1 aliphatic heterocycles. The zero-order valence-electron chi connectivity index (χ0n) is 7.75. The predicted molar refractivity (Wildman–Crippen MR) is 54.1 cm³/mol. The molecule has 0 unspecified atom stereocenters. The van der Waals surface area contributed by atoms with Gasteiger partial charge in [-0.05, 0) is 13.0 Å². The zero-order chi connectivity index (χ0) is 8.84. The highest BCUT2D eigenvalue weighted by Gasteiger charge is 2.15. The maximum absolute atomic E-state index is 3.38. The lowest BCUT2D eigenvalue weighted by molar-refractivity contribution is 0.797. The summed E-state index contributed by atoms with van der Waals surface area (Å²) in [5, 5.41) is 3.38. The van der Waals surface area contributed by atoms with Gasteiger partial charge < -0.3 is 14.5 Å². The number of hydrogen-bond acceptors (Lipinski definition) is 1. The Morgan fingerprint density at radius 1 is 1.46 bits per heavy atom. The summed E-state index contributed by atoms with van der Waals surface area (Å²) in [6.45, 7) is 5.40. The van der Waals surface area contributed by atoms with Crippen LogP contribution in [0, 0.1) is 0 Å². The smallest absolute Gasteiger partial charge is 0.108 e. The molecule has 1 N–H and O–H groups in total. The van der Waals surface area contributed by atoms with Crippen molar-refractivity contribution in [2.75, 3.05) is 11.9 Å². The van der Waals surface area contributed by atoms with E-state index in [9.17, 15) is 0 Å². The minimum Gasteiger partial charge on any atom is -0.370 e. The van der Waals surface area contributed by atoms with E-state index in [4.69, 9.17) is 0 Å². The molecule has 0 saturated carbocycles. The van der Waals surface area contributed by atoms with E-state index >= 15 is 0 Å². The summed E-state index contributed by atoms with van der Waals surface area (Å²) >= 11 is 0. The summed E-state index contributed by atoms with van der Waals surface area (Å²) in [5.41, 5.74) is 2.71. The molecule has 3 nitrogen and oxygen atoms in total. The van der Waals surface area contributed by atoms with Crippen LogP contribution in [0.2, 0.25) is 0 Å². The fourth-order valence-electron chi connectivity index (χ4n) is 2.15. The van der Waals surface area contributed by atoms with E-state index in [1.807, 2.05) is 0 Å². The van der Waals surface area contributed by atoms with E-state index in [1.54, 1.807) is 0 Å². The number of nitrogens with zero attached hydrogens (tertiary/aromatic N) is 2. The van der Waals surface area contributed by atoms with Crippen molar-refractivity contribution in [2.24, 2.45) is 0 Å². The molecule has 13 heavy (non-hydrogen) atoms. The third-order valence-corrected chi connectivity index (χ3v) is 2.82. The average molecular weight is 175 g/mol. The summed E-state index contributed by atoms with van der Waals surface area (Å²) in [6.07, 6.45) is 2.16. The van der Waals surface area contributed by atoms with E-state index in [0.717, 1.165) is 19.6 Å². The van der Waals surface area contributed by atoms with Crippen LogP contribution in [0.15, 0.2) is 18.3 Å². The molecule has 0 fully saturated rings. The number of aryl methyl sites for hydroxylation is 1. The maximum Gasteiger partial charge on any atom is 0.108 e. The summed E-state index contributed by atoms with van der Waals surface area (Å²) in [5.74, 6) is 1.27. The first-order valence-corrected chi connectivity index (χ1v) is 4.82. The van der Waals surface area contributed by atoms with Crippen LogP contribution >= 0.6 is 0 Å². The molecule has 3 heteroatoms. The van der Waals surface area contributed by atoms with Crippen LogP contribution in [0.1, 0.15) is 6.92 Å². The van der Waals surface area contributed by atoms with Gasteiger partial charge in [0.15, 0.2) is 0 Å². The molecule has 2 aromatic heterocycles. The van der Waals surface area contributed by atoms with E-state index < -0.39 is 0 Å². The van der Waals surface area contributed by atoms with Crippen molar-refractivity contribution in [3.63, 3.8) is 0 Å². The molecule has 0 aromatic carbocycles. The Morgan fingerprint density at radius 3 is 3.23 bits per heavy atom. The van der Waals surface area contributed by atoms with Crippen LogP contribution in [0.5, 0.6) is 0 Å². The third-order valence-electron chi connectivity index (χ3n) is 2.82. The SMILES string of the molecule is CCn1ccc2c1cc1n2CCN1. The Morgan fingerprint density at radius 2 is 2.38 bits per heavy atom. The van der Waals surface area contributed by atoms with Crippen LogP contribution in [0.3, 0.4) is 0 Å². The molecular weight excluding hydrogens is 162 g/mol. The van der Waals surface area contributed by atoms with E-state index in [2.05, 4.69) is 39.7 Å². The Labute approximate surface area is 77.0 Å². The van der Waals surface area contributed by atoms with Gasteiger partial charge in [0.25, 0.3) is 0 Å². The molecule has 0 radical (unpaired) electrons. The first-order chi connectivity index (χ1) is 6.40. The third kappa shape index (κ3) is 0.789. The first-order valence-electron chi connectivity index (χ1n) is 4.82. The lowest BCUT2D eigenvalue weighted by Gasteiger charge is -1.96. The summed E-state index contributed by atoms with van der Waals surface area (Å²) in [4.78, 5) is 0. The highest BCUT2D eigenvalue weighted by molar-refractivity contribution is 5.83. The van der Waals surface area contributed by atoms with Gasteiger partial charge in [0, 0.05) is 31.9 Å². The average Bonchev–Trinajstić information content (AvgIpc) is 2.72. The topological polar surface area (TPSA) is 21.9 Å². The molecule has 0 bridgehead atoms. The van der Waals surface area contributed by atoms with E-state index in [-0.39, 0.29) is 0 Å². The Kier molecular flexibility index (Phi) is 1.26. The number of nitrogens with one attached hydrogen (secondary N) is 1. The maximum atomic E-state index is 3.38. The largest absolute Gasteiger partial charge is 0.370 e. The number of rotatable bonds is 1. The van der Waals surface area contributed by atoms with Gasteiger partial charge in [0.05, 0.1) is 11.0 Å². The van der Waals surface area contributed by atoms with Crippen molar-refractivity contribution in [3.05, 3.63) is 18.3 Å². The van der Waals surface area contributed by atoms with E-state index in [1.165, 1.54) is 16.9 Å². The lowest BCUT2D eigenvalue weighted by atomic mass is 10.4. The van der Waals surface area contributed by atoms with Gasteiger partial charge in [-0.15, -0.1) is 0 Å². The molecule has 0 amide bonds. The summed E-state index contributed by atoms with van der Waals surface area (Å²) in [7, 11) is 0. The Bertz CT molecular complexity index is 450. The van der Waals surface area contributed by atoms with Gasteiger partial charge in [0.1, 0.15) is 5.82 Å². The molecule has 2 aromatic rings. The van der Waals surface area contributed by atoms with Gasteiger partial charge in [-0.1, -0.05) is 0 Å². The molecule has 0 spiro atoms. The normalized spacial score (nSPS) is 14.8. The van der Waals surface area contributed by atoms with Crippen LogP contribution in [-0.2, 0) is 13.1 Å². The number of anilines is 1. The van der Waals surface area contributed by atoms with Gasteiger partial charge in [-0.2, -0.15) is 0 Å². The molecule has 0 atom stereocenters. The van der Waals surface area contributed by atoms with Crippen molar-refractivity contribution in [1.29, 1.82) is 0 Å². The zero-order valence-corrected chi connectivity index (χ0v) is 7.75. The van der Waals surface area contributed by atoms with Gasteiger partial charge in [0.2, 0.25) is 0 Å². The van der Waals surface area contributed by atoms with Gasteiger partial charge in [-0.3, -0.25) is 0 Å². The van der Waals surface area contributed by atoms with Gasteiger partial charge in [-0.25, -0.2) is 0 Å². The molecule has 3 rings (SSSR count). The molecule has 0 saturated heterocycles. The number of fused-ring (bicyclic) bond motifs is 3. The van der Waals surface area contributed by atoms with Crippen LogP contribution in [0.25, 0.3) is 11.0 Å². The second-order valence-corrected chi connectivity index (χ2v) is 3.48. The lowest BCUT2D eigenvalue weighted by Crippen LogP contribution is -1.94. The van der Waals surface area contributed by atoms with Crippen LogP contribution in [0.4, 0.5) is 5.82 Å². The minimum absolute atomic E-state index is 1.05. The monoisotopic (exact) mass is 175 g/mol. The summed E-state index contributed by atoms with van der Waals surface area (Å²) < 4.78 is 4.63. The second-order valence-electron chi connectivity index (χ2n) is 3.48. The standard InChI is InChI=1S/C10H13N3/c1-2-12-5-3-8-9(12)7-10-11-4-6-13(8)10/h3,5,7,11H,2,4,6H2,1H3. The van der Waals surface area contributed by atoms with Crippen LogP contribution in [-0.4, -0.2) is 15.7 Å². The highest BCUT2D eigenvalue weighted by atomic mass is 15.2. The van der Waals surface area contributed by atoms with Gasteiger partial charge >= 0.3 is 0 Å². The van der Waals surface area contributed by atoms with E-state index in [0.29, 0.717) is 0 Å². The molecule has 3 heterocycles. The fourth-order valence-corrected chi connectivity index (χ4v) is 2.15. The van der Waals surface area contributed by atoms with Crippen molar-refractivity contribution in [3.8, 4) is 0 Å². The van der Waals surface area contributed by atoms with Crippen molar-refractivity contribution < 1.29 is 0 Å². The highest BCUT2D eigenvalue weighted by Crippen LogP contribution is 2.27. The molecular formula is C10H13N3. The molecule has 68 valence electrons. The summed E-state index contributed by atoms with van der Waals surface area (Å²) in [6, 6.07) is 4.45. The van der Waals surface area contributed by atoms with Crippen molar-refractivity contribution >= 4 is 16.9 Å². The van der Waals surface area contributed by atoms with Crippen molar-refractivity contribution in [2.45, 2.75) is 20.0 Å². The number of hydrogen-bond donors (Lipinski definition) is 1. The minimum atomic E-state index is 1.05. The fraction of sp³-hybridized carbons (Fsp3) is 0.400. The Hall–Kier alpha value is -1.38. The van der Waals surface area contributed by atoms with Crippen molar-refractivity contribution in [1.82, 2.24) is 9.13 Å².